The van der Waals surface area contributed by atoms with Crippen molar-refractivity contribution in [2.45, 2.75) is 0 Å². The Morgan fingerprint density at radius 3 is 2.14 bits per heavy atom. The van der Waals surface area contributed by atoms with Crippen LogP contribution in [0.15, 0.2) is 72.8 Å². The molecule has 0 spiro atoms. The lowest BCUT2D eigenvalue weighted by molar-refractivity contribution is 0.475. The molecule has 0 aliphatic carbocycles. The standard InChI is InChI=1S/C20H13ClO/c21-15-9-14(10-16(22)12-15)20-11-13-5-1-2-6-17(13)18-7-3-4-8-19(18)20/h1-12,22H. The maximum Gasteiger partial charge on any atom is 0.117 e. The lowest BCUT2D eigenvalue weighted by Gasteiger charge is -2.11. The van der Waals surface area contributed by atoms with Crippen molar-refractivity contribution < 1.29 is 5.11 Å². The molecule has 0 aromatic heterocycles. The van der Waals surface area contributed by atoms with Crippen molar-refractivity contribution in [1.82, 2.24) is 0 Å². The molecule has 4 aromatic carbocycles. The van der Waals surface area contributed by atoms with Crippen molar-refractivity contribution in [1.29, 1.82) is 0 Å². The van der Waals surface area contributed by atoms with Crippen LogP contribution in [0.2, 0.25) is 5.02 Å². The topological polar surface area (TPSA) is 20.2 Å². The minimum atomic E-state index is 0.180. The molecule has 4 rings (SSSR count). The highest BCUT2D eigenvalue weighted by atomic mass is 35.5. The van der Waals surface area contributed by atoms with E-state index in [1.165, 1.54) is 16.2 Å². The van der Waals surface area contributed by atoms with E-state index in [0.717, 1.165) is 16.5 Å². The molecule has 106 valence electrons. The van der Waals surface area contributed by atoms with Gasteiger partial charge in [0.15, 0.2) is 0 Å². The second-order valence-electron chi connectivity index (χ2n) is 5.39. The van der Waals surface area contributed by atoms with Crippen LogP contribution in [-0.4, -0.2) is 5.11 Å². The Hall–Kier alpha value is -2.51. The van der Waals surface area contributed by atoms with E-state index >= 15 is 0 Å². The van der Waals surface area contributed by atoms with Crippen molar-refractivity contribution in [3.63, 3.8) is 0 Å². The second-order valence-corrected chi connectivity index (χ2v) is 5.83. The molecular formula is C20H13ClO. The van der Waals surface area contributed by atoms with Crippen LogP contribution in [0.5, 0.6) is 5.75 Å². The zero-order chi connectivity index (χ0) is 15.1. The Bertz CT molecular complexity index is 985. The molecule has 0 saturated carbocycles. The lowest BCUT2D eigenvalue weighted by Crippen LogP contribution is -1.84. The Labute approximate surface area is 133 Å². The van der Waals surface area contributed by atoms with Crippen molar-refractivity contribution in [2.75, 3.05) is 0 Å². The summed E-state index contributed by atoms with van der Waals surface area (Å²) in [5.74, 6) is 0.180. The van der Waals surface area contributed by atoms with Gasteiger partial charge in [-0.15, -0.1) is 0 Å². The Balaban J connectivity index is 2.15. The van der Waals surface area contributed by atoms with Crippen LogP contribution in [0.25, 0.3) is 32.7 Å². The first-order chi connectivity index (χ1) is 10.7. The third-order valence-corrected chi connectivity index (χ3v) is 4.18. The van der Waals surface area contributed by atoms with Gasteiger partial charge in [0, 0.05) is 5.02 Å². The second kappa shape index (κ2) is 5.04. The fraction of sp³-hybridized carbons (Fsp3) is 0. The molecule has 0 atom stereocenters. The van der Waals surface area contributed by atoms with Crippen LogP contribution < -0.4 is 0 Å². The number of hydrogen-bond acceptors (Lipinski definition) is 1. The summed E-state index contributed by atoms with van der Waals surface area (Å²) in [5, 5.41) is 15.2. The highest BCUT2D eigenvalue weighted by molar-refractivity contribution is 6.31. The maximum atomic E-state index is 9.86. The highest BCUT2D eigenvalue weighted by Gasteiger charge is 2.09. The van der Waals surface area contributed by atoms with Crippen LogP contribution in [0, 0.1) is 0 Å². The molecule has 0 aliphatic rings. The first kappa shape index (κ1) is 13.2. The predicted molar refractivity (Wildman–Crippen MR) is 93.6 cm³/mol. The van der Waals surface area contributed by atoms with Crippen molar-refractivity contribution in [3.8, 4) is 16.9 Å². The molecule has 1 nitrogen and oxygen atoms in total. The zero-order valence-corrected chi connectivity index (χ0v) is 12.5. The third-order valence-electron chi connectivity index (χ3n) is 3.96. The number of fused-ring (bicyclic) bond motifs is 3. The summed E-state index contributed by atoms with van der Waals surface area (Å²) in [6.45, 7) is 0. The van der Waals surface area contributed by atoms with Gasteiger partial charge in [-0.1, -0.05) is 60.1 Å². The van der Waals surface area contributed by atoms with Crippen LogP contribution in [0.3, 0.4) is 0 Å². The van der Waals surface area contributed by atoms with E-state index in [4.69, 9.17) is 11.6 Å². The monoisotopic (exact) mass is 304 g/mol. The molecule has 22 heavy (non-hydrogen) atoms. The molecule has 0 bridgehead atoms. The van der Waals surface area contributed by atoms with Gasteiger partial charge in [-0.05, 0) is 56.9 Å². The molecule has 0 fully saturated rings. The summed E-state index contributed by atoms with van der Waals surface area (Å²) >= 11 is 6.11. The summed E-state index contributed by atoms with van der Waals surface area (Å²) in [5.41, 5.74) is 2.00. The average Bonchev–Trinajstić information content (AvgIpc) is 2.53. The van der Waals surface area contributed by atoms with Crippen LogP contribution >= 0.6 is 11.6 Å². The molecule has 4 aromatic rings. The molecular weight excluding hydrogens is 292 g/mol. The van der Waals surface area contributed by atoms with Crippen LogP contribution in [-0.2, 0) is 0 Å². The van der Waals surface area contributed by atoms with Gasteiger partial charge in [0.05, 0.1) is 0 Å². The minimum absolute atomic E-state index is 0.180. The SMILES string of the molecule is Oc1cc(Cl)cc(-c2cc3ccccc3c3ccccc23)c1. The number of halogens is 1. The van der Waals surface area contributed by atoms with Crippen LogP contribution in [0.4, 0.5) is 0 Å². The Kier molecular flexibility index (Phi) is 3.02. The third kappa shape index (κ3) is 2.11. The quantitative estimate of drug-likeness (QED) is 0.426. The van der Waals surface area contributed by atoms with E-state index in [1.54, 1.807) is 12.1 Å². The molecule has 0 heterocycles. The van der Waals surface area contributed by atoms with Gasteiger partial charge in [-0.25, -0.2) is 0 Å². The fourth-order valence-corrected chi connectivity index (χ4v) is 3.25. The summed E-state index contributed by atoms with van der Waals surface area (Å²) in [4.78, 5) is 0. The molecule has 0 radical (unpaired) electrons. The van der Waals surface area contributed by atoms with Crippen molar-refractivity contribution >= 4 is 33.1 Å². The average molecular weight is 305 g/mol. The van der Waals surface area contributed by atoms with Gasteiger partial charge in [0.25, 0.3) is 0 Å². The Morgan fingerprint density at radius 2 is 1.36 bits per heavy atom. The molecule has 0 unspecified atom stereocenters. The summed E-state index contributed by atoms with van der Waals surface area (Å²) in [6.07, 6.45) is 0. The van der Waals surface area contributed by atoms with E-state index in [1.807, 2.05) is 24.3 Å². The summed E-state index contributed by atoms with van der Waals surface area (Å²) in [7, 11) is 0. The fourth-order valence-electron chi connectivity index (χ4n) is 3.02. The first-order valence-electron chi connectivity index (χ1n) is 7.13. The largest absolute Gasteiger partial charge is 0.508 e. The summed E-state index contributed by atoms with van der Waals surface area (Å²) < 4.78 is 0. The number of phenols is 1. The van der Waals surface area contributed by atoms with E-state index in [-0.39, 0.29) is 5.75 Å². The van der Waals surface area contributed by atoms with Crippen molar-refractivity contribution in [2.24, 2.45) is 0 Å². The van der Waals surface area contributed by atoms with Gasteiger partial charge in [0.2, 0.25) is 0 Å². The number of phenolic OH excluding ortho intramolecular Hbond substituents is 1. The normalized spacial score (nSPS) is 11.1. The lowest BCUT2D eigenvalue weighted by atomic mass is 9.93. The number of hydrogen-bond donors (Lipinski definition) is 1. The van der Waals surface area contributed by atoms with Gasteiger partial charge in [0.1, 0.15) is 5.75 Å². The first-order valence-corrected chi connectivity index (χ1v) is 7.50. The number of aromatic hydroxyl groups is 1. The van der Waals surface area contributed by atoms with Gasteiger partial charge < -0.3 is 5.11 Å². The van der Waals surface area contributed by atoms with E-state index in [0.29, 0.717) is 5.02 Å². The molecule has 0 aliphatic heterocycles. The zero-order valence-electron chi connectivity index (χ0n) is 11.8. The molecule has 2 heteroatoms. The maximum absolute atomic E-state index is 9.86. The highest BCUT2D eigenvalue weighted by Crippen LogP contribution is 2.36. The van der Waals surface area contributed by atoms with E-state index in [9.17, 15) is 5.11 Å². The smallest absolute Gasteiger partial charge is 0.117 e. The minimum Gasteiger partial charge on any atom is -0.508 e. The van der Waals surface area contributed by atoms with E-state index in [2.05, 4.69) is 36.4 Å². The van der Waals surface area contributed by atoms with Gasteiger partial charge in [-0.3, -0.25) is 0 Å². The number of benzene rings is 4. The molecule has 1 N–H and O–H groups in total. The molecule has 0 saturated heterocycles. The Morgan fingerprint density at radius 1 is 0.682 bits per heavy atom. The van der Waals surface area contributed by atoms with Crippen LogP contribution in [0.1, 0.15) is 0 Å². The predicted octanol–water partition coefficient (Wildman–Crippen LogP) is 6.02. The molecule has 0 amide bonds. The number of rotatable bonds is 1. The van der Waals surface area contributed by atoms with Crippen molar-refractivity contribution in [3.05, 3.63) is 77.8 Å². The van der Waals surface area contributed by atoms with Gasteiger partial charge in [-0.2, -0.15) is 0 Å². The summed E-state index contributed by atoms with van der Waals surface area (Å²) in [6, 6.07) is 24.0. The van der Waals surface area contributed by atoms with Gasteiger partial charge >= 0.3 is 0 Å². The van der Waals surface area contributed by atoms with E-state index < -0.39 is 0 Å².